The number of fused-ring (bicyclic) bond motifs is 3. The van der Waals surface area contributed by atoms with Gasteiger partial charge in [-0.1, -0.05) is 30.3 Å². The number of carbonyl (C=O) groups is 1. The van der Waals surface area contributed by atoms with Crippen LogP contribution in [0.2, 0.25) is 0 Å². The maximum atomic E-state index is 12.6. The van der Waals surface area contributed by atoms with Crippen molar-refractivity contribution >= 4 is 16.9 Å². The molecule has 0 bridgehead atoms. The molecule has 3 aromatic rings. The van der Waals surface area contributed by atoms with Gasteiger partial charge < -0.3 is 24.3 Å². The lowest BCUT2D eigenvalue weighted by Gasteiger charge is -2.33. The van der Waals surface area contributed by atoms with Crippen LogP contribution in [0.15, 0.2) is 51.7 Å². The van der Waals surface area contributed by atoms with Crippen molar-refractivity contribution in [3.63, 3.8) is 0 Å². The molecule has 1 aromatic heterocycles. The van der Waals surface area contributed by atoms with E-state index in [2.05, 4.69) is 5.32 Å². The number of hydrogen-bond donors (Lipinski definition) is 2. The first kappa shape index (κ1) is 21.9. The van der Waals surface area contributed by atoms with Crippen molar-refractivity contribution < 1.29 is 23.8 Å². The van der Waals surface area contributed by atoms with Gasteiger partial charge in [0.1, 0.15) is 22.7 Å². The predicted octanol–water partition coefficient (Wildman–Crippen LogP) is 3.43. The summed E-state index contributed by atoms with van der Waals surface area (Å²) < 4.78 is 17.5. The average molecular weight is 437 g/mol. The van der Waals surface area contributed by atoms with Gasteiger partial charge >= 0.3 is 5.63 Å². The zero-order chi connectivity index (χ0) is 22.9. The van der Waals surface area contributed by atoms with Crippen LogP contribution in [0.1, 0.15) is 43.0 Å². The van der Waals surface area contributed by atoms with Crippen LogP contribution >= 0.6 is 0 Å². The second kappa shape index (κ2) is 8.67. The van der Waals surface area contributed by atoms with Gasteiger partial charge in [-0.15, -0.1) is 0 Å². The van der Waals surface area contributed by atoms with Gasteiger partial charge in [-0.3, -0.25) is 4.79 Å². The Morgan fingerprint density at radius 3 is 2.72 bits per heavy atom. The smallest absolute Gasteiger partial charge is 0.336 e. The van der Waals surface area contributed by atoms with Gasteiger partial charge in [0.05, 0.1) is 18.0 Å². The van der Waals surface area contributed by atoms with Gasteiger partial charge in [-0.2, -0.15) is 0 Å². The molecular weight excluding hydrogens is 410 g/mol. The molecule has 1 aliphatic heterocycles. The predicted molar refractivity (Wildman–Crippen MR) is 120 cm³/mol. The summed E-state index contributed by atoms with van der Waals surface area (Å²) in [5.41, 5.74) is 1.99. The molecule has 7 heteroatoms. The Kier molecular flexibility index (Phi) is 5.93. The van der Waals surface area contributed by atoms with Crippen LogP contribution in [0, 0.1) is 6.92 Å². The second-order valence-electron chi connectivity index (χ2n) is 8.67. The molecule has 0 radical (unpaired) electrons. The summed E-state index contributed by atoms with van der Waals surface area (Å²) in [6, 6.07) is 11.9. The summed E-state index contributed by atoms with van der Waals surface area (Å²) in [6.07, 6.45) is 1.50. The summed E-state index contributed by atoms with van der Waals surface area (Å²) in [4.78, 5) is 24.6. The van der Waals surface area contributed by atoms with Crippen molar-refractivity contribution in [3.8, 4) is 11.5 Å². The molecule has 1 amide bonds. The summed E-state index contributed by atoms with van der Waals surface area (Å²) in [7, 11) is 0. The molecule has 168 valence electrons. The monoisotopic (exact) mass is 437 g/mol. The number of aryl methyl sites for hydroxylation is 2. The topological polar surface area (TPSA) is 98.0 Å². The fourth-order valence-corrected chi connectivity index (χ4v) is 4.03. The quantitative estimate of drug-likeness (QED) is 0.574. The molecule has 0 aliphatic carbocycles. The highest BCUT2D eigenvalue weighted by atomic mass is 16.5. The Bertz CT molecular complexity index is 1200. The van der Waals surface area contributed by atoms with Crippen LogP contribution < -0.4 is 20.4 Å². The third-order valence-corrected chi connectivity index (χ3v) is 5.68. The van der Waals surface area contributed by atoms with Crippen LogP contribution in [0.5, 0.6) is 11.5 Å². The number of ether oxygens (including phenoxy) is 2. The third-order valence-electron chi connectivity index (χ3n) is 5.68. The molecule has 1 aliphatic rings. The van der Waals surface area contributed by atoms with Gasteiger partial charge in [0.2, 0.25) is 0 Å². The minimum atomic E-state index is -0.531. The number of rotatable bonds is 6. The van der Waals surface area contributed by atoms with Crippen LogP contribution in [0.4, 0.5) is 0 Å². The average Bonchev–Trinajstić information content (AvgIpc) is 2.75. The molecule has 32 heavy (non-hydrogen) atoms. The number of amides is 1. The van der Waals surface area contributed by atoms with Gasteiger partial charge in [-0.05, 0) is 44.7 Å². The van der Waals surface area contributed by atoms with Crippen molar-refractivity contribution in [1.82, 2.24) is 5.32 Å². The molecule has 7 nitrogen and oxygen atoms in total. The summed E-state index contributed by atoms with van der Waals surface area (Å²) in [5.74, 6) is 0.624. The number of benzene rings is 2. The number of aliphatic hydroxyl groups is 1. The molecule has 2 N–H and O–H groups in total. The Morgan fingerprint density at radius 2 is 2.00 bits per heavy atom. The van der Waals surface area contributed by atoms with E-state index in [9.17, 15) is 14.7 Å². The Labute approximate surface area is 186 Å². The number of carbonyl (C=O) groups excluding carboxylic acids is 1. The van der Waals surface area contributed by atoms with Crippen LogP contribution in [-0.4, -0.2) is 29.8 Å². The van der Waals surface area contributed by atoms with E-state index in [1.165, 1.54) is 6.07 Å². The van der Waals surface area contributed by atoms with Crippen LogP contribution in [-0.2, 0) is 11.2 Å². The molecule has 4 rings (SSSR count). The van der Waals surface area contributed by atoms with E-state index in [4.69, 9.17) is 13.9 Å². The first-order valence-corrected chi connectivity index (χ1v) is 10.6. The molecule has 0 fully saturated rings. The van der Waals surface area contributed by atoms with Crippen LogP contribution in [0.3, 0.4) is 0 Å². The molecular formula is C25H27NO6. The largest absolute Gasteiger partial charge is 0.487 e. The first-order valence-electron chi connectivity index (χ1n) is 10.6. The van der Waals surface area contributed by atoms with E-state index in [0.29, 0.717) is 34.5 Å². The first-order chi connectivity index (χ1) is 15.3. The van der Waals surface area contributed by atoms with Crippen molar-refractivity contribution in [3.05, 3.63) is 69.6 Å². The van der Waals surface area contributed by atoms with Crippen molar-refractivity contribution in [1.29, 1.82) is 0 Å². The van der Waals surface area contributed by atoms with Crippen LogP contribution in [0.25, 0.3) is 11.0 Å². The Hall–Kier alpha value is -3.32. The highest BCUT2D eigenvalue weighted by molar-refractivity contribution is 5.91. The van der Waals surface area contributed by atoms with E-state index in [-0.39, 0.29) is 24.7 Å². The second-order valence-corrected chi connectivity index (χ2v) is 8.67. The maximum Gasteiger partial charge on any atom is 0.336 e. The van der Waals surface area contributed by atoms with Crippen molar-refractivity contribution in [2.75, 3.05) is 13.2 Å². The van der Waals surface area contributed by atoms with Gasteiger partial charge in [-0.25, -0.2) is 4.79 Å². The number of nitrogens with one attached hydrogen (secondary N) is 1. The van der Waals surface area contributed by atoms with Gasteiger partial charge in [0, 0.05) is 17.7 Å². The van der Waals surface area contributed by atoms with E-state index in [1.54, 1.807) is 6.07 Å². The summed E-state index contributed by atoms with van der Waals surface area (Å²) in [6.45, 7) is 5.31. The zero-order valence-electron chi connectivity index (χ0n) is 18.4. The van der Waals surface area contributed by atoms with E-state index >= 15 is 0 Å². The normalized spacial score (nSPS) is 15.5. The fraction of sp³-hybridized carbons (Fsp3) is 0.360. The lowest BCUT2D eigenvalue weighted by atomic mass is 9.92. The van der Waals surface area contributed by atoms with E-state index < -0.39 is 11.7 Å². The summed E-state index contributed by atoms with van der Waals surface area (Å²) >= 11 is 0. The van der Waals surface area contributed by atoms with Gasteiger partial charge in [0.15, 0.2) is 6.61 Å². The minimum absolute atomic E-state index is 0.231. The fourth-order valence-electron chi connectivity index (χ4n) is 4.03. The zero-order valence-corrected chi connectivity index (χ0v) is 18.4. The maximum absolute atomic E-state index is 12.6. The highest BCUT2D eigenvalue weighted by Crippen LogP contribution is 2.42. The lowest BCUT2D eigenvalue weighted by Crippen LogP contribution is -2.34. The highest BCUT2D eigenvalue weighted by Gasteiger charge is 2.30. The Morgan fingerprint density at radius 1 is 1.25 bits per heavy atom. The van der Waals surface area contributed by atoms with E-state index in [1.807, 2.05) is 51.1 Å². The standard InChI is InChI=1S/C25H27NO6/c1-15-11-22(29)31-24-17-9-10-25(2,3)32-19(17)12-20(23(15)24)30-14-21(28)26-18(13-27)16-7-5-4-6-8-16/h4-8,11-12,18,27H,9-10,13-14H2,1-3H3,(H,26,28)/t18-/m1/s1. The van der Waals surface area contributed by atoms with E-state index in [0.717, 1.165) is 17.5 Å². The lowest BCUT2D eigenvalue weighted by molar-refractivity contribution is -0.124. The number of aliphatic hydroxyl groups excluding tert-OH is 1. The molecule has 0 saturated carbocycles. The molecule has 2 aromatic carbocycles. The molecule has 1 atom stereocenters. The van der Waals surface area contributed by atoms with Crippen molar-refractivity contribution in [2.24, 2.45) is 0 Å². The summed E-state index contributed by atoms with van der Waals surface area (Å²) in [5, 5.41) is 13.1. The van der Waals surface area contributed by atoms with Crippen molar-refractivity contribution in [2.45, 2.75) is 45.3 Å². The molecule has 0 spiro atoms. The minimum Gasteiger partial charge on any atom is -0.487 e. The molecule has 0 saturated heterocycles. The molecule has 0 unspecified atom stereocenters. The molecule has 2 heterocycles. The number of hydrogen-bond acceptors (Lipinski definition) is 6. The SMILES string of the molecule is Cc1cc(=O)oc2c3c(cc(OCC(=O)N[C@H](CO)c4ccccc4)c12)OC(C)(C)CC3. The Balaban J connectivity index is 1.61. The third kappa shape index (κ3) is 4.48. The van der Waals surface area contributed by atoms with Gasteiger partial charge in [0.25, 0.3) is 5.91 Å².